The number of hydrogen-bond donors (Lipinski definition) is 3. The van der Waals surface area contributed by atoms with E-state index in [0.717, 1.165) is 10.4 Å². The zero-order valence-electron chi connectivity index (χ0n) is 6.90. The van der Waals surface area contributed by atoms with Crippen LogP contribution in [0.15, 0.2) is 11.4 Å². The van der Waals surface area contributed by atoms with Crippen molar-refractivity contribution < 1.29 is 10.2 Å². The zero-order valence-corrected chi connectivity index (χ0v) is 7.71. The van der Waals surface area contributed by atoms with Crippen molar-refractivity contribution in [3.05, 3.63) is 21.9 Å². The smallest absolute Gasteiger partial charge is 0.115 e. The Kier molecular flexibility index (Phi) is 3.22. The lowest BCUT2D eigenvalue weighted by Gasteiger charge is -2.15. The molecule has 0 radical (unpaired) electrons. The monoisotopic (exact) mass is 187 g/mol. The van der Waals surface area contributed by atoms with Crippen LogP contribution in [0.1, 0.15) is 16.5 Å². The van der Waals surface area contributed by atoms with Gasteiger partial charge in [0.05, 0.1) is 6.10 Å². The van der Waals surface area contributed by atoms with Gasteiger partial charge in [0.1, 0.15) is 6.10 Å². The lowest BCUT2D eigenvalue weighted by atomic mass is 10.1. The topological polar surface area (TPSA) is 66.5 Å². The van der Waals surface area contributed by atoms with Crippen molar-refractivity contribution in [1.82, 2.24) is 0 Å². The van der Waals surface area contributed by atoms with Crippen molar-refractivity contribution in [3.63, 3.8) is 0 Å². The first kappa shape index (κ1) is 9.67. The summed E-state index contributed by atoms with van der Waals surface area (Å²) in [4.78, 5) is 0.799. The van der Waals surface area contributed by atoms with E-state index in [1.165, 1.54) is 11.3 Å². The molecule has 0 aliphatic rings. The van der Waals surface area contributed by atoms with Crippen LogP contribution >= 0.6 is 11.3 Å². The fraction of sp³-hybridized carbons (Fsp3) is 0.500. The van der Waals surface area contributed by atoms with Gasteiger partial charge in [0.25, 0.3) is 0 Å². The highest BCUT2D eigenvalue weighted by Gasteiger charge is 2.19. The molecule has 1 aromatic rings. The zero-order chi connectivity index (χ0) is 9.14. The van der Waals surface area contributed by atoms with Gasteiger partial charge in [0, 0.05) is 11.4 Å². The second-order valence-electron chi connectivity index (χ2n) is 2.72. The molecule has 12 heavy (non-hydrogen) atoms. The minimum atomic E-state index is -0.859. The predicted molar refractivity (Wildman–Crippen MR) is 49.1 cm³/mol. The van der Waals surface area contributed by atoms with Gasteiger partial charge in [-0.3, -0.25) is 0 Å². The summed E-state index contributed by atoms with van der Waals surface area (Å²) in [7, 11) is 0. The summed E-state index contributed by atoms with van der Waals surface area (Å²) < 4.78 is 0. The maximum absolute atomic E-state index is 9.54. The Morgan fingerprint density at radius 2 is 2.25 bits per heavy atom. The number of aryl methyl sites for hydroxylation is 1. The van der Waals surface area contributed by atoms with E-state index in [0.29, 0.717) is 0 Å². The summed E-state index contributed by atoms with van der Waals surface area (Å²) in [5, 5.41) is 20.7. The van der Waals surface area contributed by atoms with Crippen LogP contribution in [-0.4, -0.2) is 22.9 Å². The molecule has 0 saturated heterocycles. The minimum absolute atomic E-state index is 0.0819. The van der Waals surface area contributed by atoms with Gasteiger partial charge in [-0.25, -0.2) is 0 Å². The minimum Gasteiger partial charge on any atom is -0.389 e. The van der Waals surface area contributed by atoms with Gasteiger partial charge in [-0.2, -0.15) is 0 Å². The molecule has 2 atom stereocenters. The molecular weight excluding hydrogens is 174 g/mol. The molecule has 0 aliphatic heterocycles. The molecule has 0 aliphatic carbocycles. The number of aliphatic hydroxyl groups is 2. The molecule has 2 unspecified atom stereocenters. The summed E-state index contributed by atoms with van der Waals surface area (Å²) in [5.74, 6) is 0. The number of nitrogens with two attached hydrogens (primary N) is 1. The average Bonchev–Trinajstić information content (AvgIpc) is 2.48. The Labute approximate surface area is 75.5 Å². The van der Waals surface area contributed by atoms with Crippen LogP contribution in [0.3, 0.4) is 0 Å². The maximum atomic E-state index is 9.54. The van der Waals surface area contributed by atoms with E-state index >= 15 is 0 Å². The van der Waals surface area contributed by atoms with Crippen LogP contribution < -0.4 is 5.73 Å². The quantitative estimate of drug-likeness (QED) is 0.642. The van der Waals surface area contributed by atoms with E-state index in [1.807, 2.05) is 18.4 Å². The maximum Gasteiger partial charge on any atom is 0.115 e. The van der Waals surface area contributed by atoms with Crippen LogP contribution in [0.25, 0.3) is 0 Å². The van der Waals surface area contributed by atoms with E-state index in [-0.39, 0.29) is 6.54 Å². The molecular formula is C8H13NO2S. The summed E-state index contributed by atoms with van der Waals surface area (Å²) in [6, 6.07) is 1.91. The Morgan fingerprint density at radius 3 is 2.67 bits per heavy atom. The van der Waals surface area contributed by atoms with E-state index in [1.54, 1.807) is 0 Å². The largest absolute Gasteiger partial charge is 0.389 e. The van der Waals surface area contributed by atoms with Crippen LogP contribution in [0, 0.1) is 6.92 Å². The summed E-state index contributed by atoms with van der Waals surface area (Å²) >= 11 is 1.44. The molecule has 1 heterocycles. The lowest BCUT2D eigenvalue weighted by Crippen LogP contribution is -2.26. The van der Waals surface area contributed by atoms with Gasteiger partial charge >= 0.3 is 0 Å². The highest BCUT2D eigenvalue weighted by Crippen LogP contribution is 2.25. The Morgan fingerprint density at radius 1 is 1.58 bits per heavy atom. The molecule has 0 saturated carbocycles. The van der Waals surface area contributed by atoms with Crippen molar-refractivity contribution in [2.45, 2.75) is 19.1 Å². The SMILES string of the molecule is Cc1ccsc1C(O)C(O)CN. The Bertz CT molecular complexity index is 249. The summed E-state index contributed by atoms with van der Waals surface area (Å²) in [6.07, 6.45) is -1.70. The third-order valence-corrected chi connectivity index (χ3v) is 2.87. The first-order chi connectivity index (χ1) is 5.66. The van der Waals surface area contributed by atoms with Gasteiger partial charge in [0.2, 0.25) is 0 Å². The van der Waals surface area contributed by atoms with E-state index in [4.69, 9.17) is 5.73 Å². The molecule has 0 aromatic carbocycles. The van der Waals surface area contributed by atoms with Gasteiger partial charge in [0.15, 0.2) is 0 Å². The standard InChI is InChI=1S/C8H13NO2S/c1-5-2-3-12-8(5)7(11)6(10)4-9/h2-3,6-7,10-11H,4,9H2,1H3. The average molecular weight is 187 g/mol. The van der Waals surface area contributed by atoms with Crippen LogP contribution in [-0.2, 0) is 0 Å². The van der Waals surface area contributed by atoms with Crippen molar-refractivity contribution in [3.8, 4) is 0 Å². The normalized spacial score (nSPS) is 16.0. The Hall–Kier alpha value is -0.420. The second kappa shape index (κ2) is 4.00. The third kappa shape index (κ3) is 1.84. The number of thiophene rings is 1. The number of hydrogen-bond acceptors (Lipinski definition) is 4. The molecule has 1 rings (SSSR count). The van der Waals surface area contributed by atoms with Gasteiger partial charge in [-0.05, 0) is 23.9 Å². The van der Waals surface area contributed by atoms with Crippen LogP contribution in [0.2, 0.25) is 0 Å². The molecule has 0 fully saturated rings. The van der Waals surface area contributed by atoms with Gasteiger partial charge < -0.3 is 15.9 Å². The van der Waals surface area contributed by atoms with Crippen LogP contribution in [0.5, 0.6) is 0 Å². The summed E-state index contributed by atoms with van der Waals surface area (Å²) in [5.41, 5.74) is 6.22. The van der Waals surface area contributed by atoms with Gasteiger partial charge in [-0.15, -0.1) is 11.3 Å². The van der Waals surface area contributed by atoms with E-state index in [2.05, 4.69) is 0 Å². The lowest BCUT2D eigenvalue weighted by molar-refractivity contribution is 0.0262. The molecule has 1 aromatic heterocycles. The molecule has 4 N–H and O–H groups in total. The fourth-order valence-electron chi connectivity index (χ4n) is 0.991. The highest BCUT2D eigenvalue weighted by molar-refractivity contribution is 7.10. The van der Waals surface area contributed by atoms with Crippen molar-refractivity contribution >= 4 is 11.3 Å². The molecule has 3 nitrogen and oxygen atoms in total. The van der Waals surface area contributed by atoms with Crippen molar-refractivity contribution in [2.24, 2.45) is 5.73 Å². The van der Waals surface area contributed by atoms with Crippen LogP contribution in [0.4, 0.5) is 0 Å². The van der Waals surface area contributed by atoms with Gasteiger partial charge in [-0.1, -0.05) is 0 Å². The number of aliphatic hydroxyl groups excluding tert-OH is 2. The molecule has 0 bridgehead atoms. The van der Waals surface area contributed by atoms with Crippen molar-refractivity contribution in [1.29, 1.82) is 0 Å². The van der Waals surface area contributed by atoms with E-state index < -0.39 is 12.2 Å². The first-order valence-electron chi connectivity index (χ1n) is 3.77. The van der Waals surface area contributed by atoms with E-state index in [9.17, 15) is 10.2 Å². The summed E-state index contributed by atoms with van der Waals surface area (Å²) in [6.45, 7) is 1.98. The second-order valence-corrected chi connectivity index (χ2v) is 3.66. The Balaban J connectivity index is 2.77. The molecule has 68 valence electrons. The number of rotatable bonds is 3. The molecule has 0 amide bonds. The molecule has 4 heteroatoms. The van der Waals surface area contributed by atoms with Crippen molar-refractivity contribution in [2.75, 3.05) is 6.54 Å². The predicted octanol–water partition coefficient (Wildman–Crippen LogP) is 0.410. The third-order valence-electron chi connectivity index (χ3n) is 1.78. The fourth-order valence-corrected chi connectivity index (χ4v) is 1.96. The molecule has 0 spiro atoms. The first-order valence-corrected chi connectivity index (χ1v) is 4.65. The highest BCUT2D eigenvalue weighted by atomic mass is 32.1.